The van der Waals surface area contributed by atoms with Gasteiger partial charge in [0, 0.05) is 12.8 Å². The van der Waals surface area contributed by atoms with Gasteiger partial charge in [0.05, 0.1) is 32.0 Å². The maximum absolute atomic E-state index is 13.0. The molecule has 0 aliphatic carbocycles. The Morgan fingerprint density at radius 3 is 1.35 bits per heavy atom. The number of carbonyl (C=O) groups excluding carboxylic acids is 2. The number of aliphatic hydroxyl groups excluding tert-OH is 5. The molecule has 11 nitrogen and oxygen atoms in total. The number of esters is 1. The van der Waals surface area contributed by atoms with Gasteiger partial charge in [-0.1, -0.05) is 256 Å². The van der Waals surface area contributed by atoms with Gasteiger partial charge in [-0.15, -0.1) is 0 Å². The number of hydrogen-bond acceptors (Lipinski definition) is 10. The van der Waals surface area contributed by atoms with Crippen LogP contribution in [0.15, 0.2) is 36.5 Å². The molecule has 11 heteroatoms. The highest BCUT2D eigenvalue weighted by Gasteiger charge is 2.44. The topological polar surface area (TPSA) is 175 Å². The summed E-state index contributed by atoms with van der Waals surface area (Å²) in [6.45, 7) is 4.34. The smallest absolute Gasteiger partial charge is 0.305 e. The quantitative estimate of drug-likeness (QED) is 0.0195. The lowest BCUT2D eigenvalue weighted by Crippen LogP contribution is -2.60. The average molecular weight is 1060 g/mol. The number of rotatable bonds is 55. The molecule has 0 spiro atoms. The number of amides is 1. The minimum atomic E-state index is -1.57. The van der Waals surface area contributed by atoms with Crippen LogP contribution in [0.1, 0.15) is 296 Å². The fourth-order valence-corrected chi connectivity index (χ4v) is 9.94. The van der Waals surface area contributed by atoms with Crippen LogP contribution >= 0.6 is 0 Å². The van der Waals surface area contributed by atoms with Crippen LogP contribution in [-0.2, 0) is 23.8 Å². The van der Waals surface area contributed by atoms with E-state index in [4.69, 9.17) is 14.2 Å². The number of hydrogen-bond donors (Lipinski definition) is 6. The minimum absolute atomic E-state index is 0.00505. The van der Waals surface area contributed by atoms with Gasteiger partial charge in [0.1, 0.15) is 24.4 Å². The predicted octanol–water partition coefficient (Wildman–Crippen LogP) is 15.1. The zero-order chi connectivity index (χ0) is 54.5. The van der Waals surface area contributed by atoms with Crippen LogP contribution < -0.4 is 5.32 Å². The molecule has 7 unspecified atom stereocenters. The summed E-state index contributed by atoms with van der Waals surface area (Å²) in [5.41, 5.74) is 0. The first-order valence-electron chi connectivity index (χ1n) is 31.8. The van der Waals surface area contributed by atoms with Crippen molar-refractivity contribution in [2.24, 2.45) is 0 Å². The number of nitrogens with one attached hydrogen (secondary N) is 1. The standard InChI is InChI=1S/C64H119NO10/c1-3-5-7-9-11-13-15-27-31-34-38-42-46-50-57(67)56(55-74-64-63(72)62(71)61(70)58(54-66)75-64)65-59(68)51-47-43-39-35-32-28-25-23-21-19-17-16-18-20-22-24-26-29-33-37-41-45-49-53-73-60(69)52-48-44-40-36-30-14-12-10-8-6-4-2/h16,18-19,21,46,50,56-58,61-64,66-67,70-72H,3-15,17,20,22-45,47-49,51-55H2,1-2H3,(H,65,68)/b18-16-,21-19-,50-46+. The third-order valence-electron chi connectivity index (χ3n) is 15.0. The molecular weight excluding hydrogens is 943 g/mol. The van der Waals surface area contributed by atoms with Crippen LogP contribution in [0.4, 0.5) is 0 Å². The summed E-state index contributed by atoms with van der Waals surface area (Å²) in [6.07, 6.45) is 56.7. The molecule has 0 aromatic heterocycles. The van der Waals surface area contributed by atoms with Crippen molar-refractivity contribution in [2.75, 3.05) is 19.8 Å². The number of aliphatic hydroxyl groups is 5. The second-order valence-corrected chi connectivity index (χ2v) is 22.1. The first kappa shape index (κ1) is 70.9. The van der Waals surface area contributed by atoms with E-state index in [-0.39, 0.29) is 18.5 Å². The van der Waals surface area contributed by atoms with Gasteiger partial charge in [-0.2, -0.15) is 0 Å². The Balaban J connectivity index is 2.08. The summed E-state index contributed by atoms with van der Waals surface area (Å²) in [5.74, 6) is -0.196. The van der Waals surface area contributed by atoms with E-state index in [1.807, 2.05) is 6.08 Å². The van der Waals surface area contributed by atoms with Gasteiger partial charge in [0.25, 0.3) is 0 Å². The maximum atomic E-state index is 13.0. The van der Waals surface area contributed by atoms with E-state index in [9.17, 15) is 35.1 Å². The molecule has 0 bridgehead atoms. The van der Waals surface area contributed by atoms with Crippen molar-refractivity contribution in [3.05, 3.63) is 36.5 Å². The van der Waals surface area contributed by atoms with Crippen LogP contribution in [0.3, 0.4) is 0 Å². The number of carbonyl (C=O) groups is 2. The van der Waals surface area contributed by atoms with Gasteiger partial charge >= 0.3 is 5.97 Å². The maximum Gasteiger partial charge on any atom is 0.305 e. The van der Waals surface area contributed by atoms with Crippen LogP contribution in [0, 0.1) is 0 Å². The molecule has 440 valence electrons. The molecule has 1 fully saturated rings. The van der Waals surface area contributed by atoms with Crippen molar-refractivity contribution in [3.8, 4) is 0 Å². The molecule has 6 N–H and O–H groups in total. The van der Waals surface area contributed by atoms with Crippen molar-refractivity contribution in [2.45, 2.75) is 339 Å². The average Bonchev–Trinajstić information content (AvgIpc) is 3.41. The van der Waals surface area contributed by atoms with Gasteiger partial charge in [-0.25, -0.2) is 0 Å². The fraction of sp³-hybridized carbons (Fsp3) is 0.875. The first-order valence-corrected chi connectivity index (χ1v) is 31.8. The van der Waals surface area contributed by atoms with Gasteiger partial charge in [-0.05, 0) is 64.2 Å². The first-order chi connectivity index (χ1) is 36.7. The van der Waals surface area contributed by atoms with Crippen molar-refractivity contribution in [1.29, 1.82) is 0 Å². The Morgan fingerprint density at radius 1 is 0.493 bits per heavy atom. The van der Waals surface area contributed by atoms with Crippen molar-refractivity contribution in [1.82, 2.24) is 5.32 Å². The zero-order valence-electron chi connectivity index (χ0n) is 48.5. The second kappa shape index (κ2) is 53.9. The zero-order valence-corrected chi connectivity index (χ0v) is 48.5. The summed E-state index contributed by atoms with van der Waals surface area (Å²) >= 11 is 0. The Bertz CT molecular complexity index is 1340. The largest absolute Gasteiger partial charge is 0.466 e. The molecule has 1 amide bonds. The summed E-state index contributed by atoms with van der Waals surface area (Å²) in [5, 5.41) is 54.4. The van der Waals surface area contributed by atoms with Crippen LogP contribution in [0.5, 0.6) is 0 Å². The number of unbranched alkanes of at least 4 members (excludes halogenated alkanes) is 37. The van der Waals surface area contributed by atoms with E-state index in [1.165, 1.54) is 186 Å². The molecule has 1 rings (SSSR count). The highest BCUT2D eigenvalue weighted by Crippen LogP contribution is 2.23. The molecular formula is C64H119NO10. The Hall–Kier alpha value is -2.12. The van der Waals surface area contributed by atoms with Crippen LogP contribution in [0.2, 0.25) is 0 Å². The Kier molecular flexibility index (Phi) is 50.9. The summed E-state index contributed by atoms with van der Waals surface area (Å²) in [4.78, 5) is 25.1. The Labute approximate surface area is 460 Å². The van der Waals surface area contributed by atoms with Gasteiger partial charge in [-0.3, -0.25) is 9.59 Å². The van der Waals surface area contributed by atoms with Gasteiger partial charge < -0.3 is 45.1 Å². The lowest BCUT2D eigenvalue weighted by molar-refractivity contribution is -0.302. The van der Waals surface area contributed by atoms with Crippen molar-refractivity contribution < 1.29 is 49.3 Å². The summed E-state index contributed by atoms with van der Waals surface area (Å²) in [6, 6.07) is -0.817. The third-order valence-corrected chi connectivity index (χ3v) is 15.0. The van der Waals surface area contributed by atoms with E-state index >= 15 is 0 Å². The molecule has 0 radical (unpaired) electrons. The monoisotopic (exact) mass is 1060 g/mol. The SMILES string of the molecule is CCCCCCCCCCCCC/C=C/C(O)C(COC1OC(CO)C(O)C(O)C1O)NC(=O)CCCCCCCCC/C=C\C/C=C\CCCCCCCCCCCOC(=O)CCCCCCCCCCCCC. The van der Waals surface area contributed by atoms with Crippen LogP contribution in [-0.4, -0.2) is 100 Å². The molecule has 1 saturated heterocycles. The van der Waals surface area contributed by atoms with Gasteiger partial charge in [0.2, 0.25) is 5.91 Å². The molecule has 7 atom stereocenters. The van der Waals surface area contributed by atoms with E-state index in [2.05, 4.69) is 43.5 Å². The third kappa shape index (κ3) is 43.4. The van der Waals surface area contributed by atoms with Crippen LogP contribution in [0.25, 0.3) is 0 Å². The van der Waals surface area contributed by atoms with E-state index in [0.29, 0.717) is 19.4 Å². The number of allylic oxidation sites excluding steroid dienone is 5. The van der Waals surface area contributed by atoms with E-state index in [1.54, 1.807) is 6.08 Å². The van der Waals surface area contributed by atoms with Crippen molar-refractivity contribution in [3.63, 3.8) is 0 Å². The normalized spacial score (nSPS) is 18.9. The summed E-state index contributed by atoms with van der Waals surface area (Å²) < 4.78 is 16.7. The Morgan fingerprint density at radius 2 is 0.893 bits per heavy atom. The fourth-order valence-electron chi connectivity index (χ4n) is 9.94. The van der Waals surface area contributed by atoms with E-state index < -0.39 is 49.5 Å². The predicted molar refractivity (Wildman–Crippen MR) is 311 cm³/mol. The molecule has 1 aliphatic heterocycles. The van der Waals surface area contributed by atoms with Gasteiger partial charge in [0.15, 0.2) is 6.29 Å². The molecule has 0 saturated carbocycles. The highest BCUT2D eigenvalue weighted by molar-refractivity contribution is 5.76. The minimum Gasteiger partial charge on any atom is -0.466 e. The summed E-state index contributed by atoms with van der Waals surface area (Å²) in [7, 11) is 0. The molecule has 1 aliphatic rings. The van der Waals surface area contributed by atoms with E-state index in [0.717, 1.165) is 83.5 Å². The molecule has 0 aromatic carbocycles. The second-order valence-electron chi connectivity index (χ2n) is 22.1. The molecule has 75 heavy (non-hydrogen) atoms. The van der Waals surface area contributed by atoms with Crippen molar-refractivity contribution >= 4 is 11.9 Å². The lowest BCUT2D eigenvalue weighted by atomic mass is 9.99. The molecule has 1 heterocycles. The highest BCUT2D eigenvalue weighted by atomic mass is 16.7. The lowest BCUT2D eigenvalue weighted by Gasteiger charge is -2.40. The molecule has 0 aromatic rings. The number of ether oxygens (including phenoxy) is 3.